The van der Waals surface area contributed by atoms with Crippen molar-refractivity contribution in [2.45, 2.75) is 42.0 Å². The molecule has 3 aromatic carbocycles. The molecule has 2 aliphatic heterocycles. The van der Waals surface area contributed by atoms with Gasteiger partial charge >= 0.3 is 0 Å². The van der Waals surface area contributed by atoms with Crippen molar-refractivity contribution in [1.29, 1.82) is 0 Å². The van der Waals surface area contributed by atoms with E-state index in [1.54, 1.807) is 0 Å². The monoisotopic (exact) mass is 540 g/mol. The number of aliphatic hydroxyl groups excluding tert-OH is 1. The van der Waals surface area contributed by atoms with Crippen LogP contribution in [0, 0.1) is 0 Å². The molecule has 1 unspecified atom stereocenters. The quantitative estimate of drug-likeness (QED) is 0.470. The number of benzene rings is 3. The van der Waals surface area contributed by atoms with Crippen LogP contribution in [0.3, 0.4) is 0 Å². The normalized spacial score (nSPS) is 20.3. The Labute approximate surface area is 227 Å². The van der Waals surface area contributed by atoms with Gasteiger partial charge in [0.2, 0.25) is 5.91 Å². The predicted molar refractivity (Wildman–Crippen MR) is 150 cm³/mol. The van der Waals surface area contributed by atoms with Crippen molar-refractivity contribution in [2.24, 2.45) is 0 Å². The second kappa shape index (κ2) is 10.9. The predicted octanol–water partition coefficient (Wildman–Crippen LogP) is 3.94. The van der Waals surface area contributed by atoms with Crippen molar-refractivity contribution in [3.8, 4) is 22.6 Å². The molecule has 2 fully saturated rings. The maximum atomic E-state index is 13.4. The zero-order valence-corrected chi connectivity index (χ0v) is 21.8. The van der Waals surface area contributed by atoms with Crippen molar-refractivity contribution in [3.05, 3.63) is 72.3 Å². The third-order valence-electron chi connectivity index (χ3n) is 7.54. The van der Waals surface area contributed by atoms with E-state index >= 15 is 0 Å². The number of fused-ring (bicyclic) bond motifs is 1. The molecule has 6 rings (SSSR count). The van der Waals surface area contributed by atoms with Gasteiger partial charge in [0.05, 0.1) is 16.9 Å². The molecule has 0 aromatic heterocycles. The third-order valence-corrected chi connectivity index (χ3v) is 9.12. The molecule has 2 heterocycles. The van der Waals surface area contributed by atoms with Crippen molar-refractivity contribution >= 4 is 22.6 Å². The Bertz CT molecular complexity index is 1350. The topological polar surface area (TPSA) is 120 Å². The molecule has 3 aliphatic rings. The van der Waals surface area contributed by atoms with Crippen molar-refractivity contribution in [2.75, 3.05) is 31.7 Å². The molecule has 2 atom stereocenters. The first-order valence-electron chi connectivity index (χ1n) is 12.8. The standard InChI is InChI=1S/C29H30N2O5S.H2O.2H2/c32-19-24-5-2-14-31(24)37(34)25-9-6-20(7-10-25)21-3-1-4-23(17-21)30-28(33)29(12-13-29)22-8-11-26-27(18-22)36-16-15-35-26;;;/h1,3-4,6-11,17-18,24,32H,2,5,12-16,19H2,(H,30,33);1H2;2*1H/t24-,37?;;;/m1.../s1. The summed E-state index contributed by atoms with van der Waals surface area (Å²) in [7, 11) is -1.29. The highest BCUT2D eigenvalue weighted by atomic mass is 32.2. The van der Waals surface area contributed by atoms with Gasteiger partial charge in [-0.2, -0.15) is 0 Å². The third kappa shape index (κ3) is 4.94. The second-order valence-corrected chi connectivity index (χ2v) is 11.3. The Morgan fingerprint density at radius 1 is 1.03 bits per heavy atom. The molecule has 9 heteroatoms. The summed E-state index contributed by atoms with van der Waals surface area (Å²) in [4.78, 5) is 14.1. The zero-order valence-electron chi connectivity index (χ0n) is 21.0. The van der Waals surface area contributed by atoms with Crippen LogP contribution >= 0.6 is 0 Å². The lowest BCUT2D eigenvalue weighted by Crippen LogP contribution is -2.33. The number of ether oxygens (including phenoxy) is 2. The van der Waals surface area contributed by atoms with E-state index in [2.05, 4.69) is 5.32 Å². The van der Waals surface area contributed by atoms with Gasteiger partial charge in [0.15, 0.2) is 11.5 Å². The smallest absolute Gasteiger partial charge is 0.235 e. The summed E-state index contributed by atoms with van der Waals surface area (Å²) >= 11 is 0. The van der Waals surface area contributed by atoms with E-state index in [1.807, 2.05) is 71.0 Å². The van der Waals surface area contributed by atoms with Crippen molar-refractivity contribution in [3.63, 3.8) is 0 Å². The summed E-state index contributed by atoms with van der Waals surface area (Å²) in [5, 5.41) is 12.7. The number of hydrogen-bond donors (Lipinski definition) is 2. The van der Waals surface area contributed by atoms with Crippen LogP contribution in [0.4, 0.5) is 5.69 Å². The van der Waals surface area contributed by atoms with Gasteiger partial charge in [0.25, 0.3) is 0 Å². The fourth-order valence-corrected chi connectivity index (χ4v) is 6.63. The number of amides is 1. The van der Waals surface area contributed by atoms with Crippen LogP contribution in [0.25, 0.3) is 11.1 Å². The average Bonchev–Trinajstić information content (AvgIpc) is 3.63. The maximum absolute atomic E-state index is 13.4. The van der Waals surface area contributed by atoms with Crippen LogP contribution in [0.1, 0.15) is 34.1 Å². The van der Waals surface area contributed by atoms with Gasteiger partial charge < -0.3 is 25.4 Å². The second-order valence-electron chi connectivity index (χ2n) is 9.87. The Balaban J connectivity index is 0.00000147. The minimum Gasteiger partial charge on any atom is -0.486 e. The zero-order chi connectivity index (χ0) is 25.4. The molecule has 0 radical (unpaired) electrons. The highest BCUT2D eigenvalue weighted by Crippen LogP contribution is 2.51. The average molecular weight is 541 g/mol. The fraction of sp³-hybridized carbons (Fsp3) is 0.345. The molecular formula is C29H36N2O6S. The summed E-state index contributed by atoms with van der Waals surface area (Å²) < 4.78 is 26.2. The molecule has 1 saturated carbocycles. The molecule has 3 aromatic rings. The Kier molecular flexibility index (Phi) is 7.54. The van der Waals surface area contributed by atoms with Gasteiger partial charge in [-0.3, -0.25) is 4.79 Å². The number of hydrogen-bond acceptors (Lipinski definition) is 5. The largest absolute Gasteiger partial charge is 0.486 e. The van der Waals surface area contributed by atoms with Gasteiger partial charge in [-0.25, -0.2) is 8.51 Å². The Hall–Kier alpha value is -3.24. The minimum absolute atomic E-state index is 0. The minimum atomic E-state index is -1.29. The number of anilines is 1. The molecule has 1 amide bonds. The molecule has 4 N–H and O–H groups in total. The van der Waals surface area contributed by atoms with Crippen LogP contribution in [-0.4, -0.2) is 57.4 Å². The molecular weight excluding hydrogens is 504 g/mol. The lowest BCUT2D eigenvalue weighted by Gasteiger charge is -2.22. The molecule has 0 bridgehead atoms. The van der Waals surface area contributed by atoms with Gasteiger partial charge in [-0.1, -0.05) is 30.3 Å². The van der Waals surface area contributed by atoms with Crippen LogP contribution in [0.5, 0.6) is 11.5 Å². The number of aliphatic hydroxyl groups is 1. The fourth-order valence-electron chi connectivity index (χ4n) is 5.25. The van der Waals surface area contributed by atoms with Crippen LogP contribution in [0.15, 0.2) is 71.6 Å². The summed E-state index contributed by atoms with van der Waals surface area (Å²) in [6.45, 7) is 1.81. The number of carbonyl (C=O) groups is 1. The highest BCUT2D eigenvalue weighted by molar-refractivity contribution is 7.82. The summed E-state index contributed by atoms with van der Waals surface area (Å²) in [5.74, 6) is 1.41. The van der Waals surface area contributed by atoms with E-state index in [9.17, 15) is 14.1 Å². The van der Waals surface area contributed by atoms with E-state index in [4.69, 9.17) is 9.47 Å². The van der Waals surface area contributed by atoms with E-state index < -0.39 is 16.4 Å². The van der Waals surface area contributed by atoms with Crippen molar-refractivity contribution in [1.82, 2.24) is 4.31 Å². The Morgan fingerprint density at radius 3 is 2.53 bits per heavy atom. The van der Waals surface area contributed by atoms with E-state index in [0.29, 0.717) is 19.0 Å². The molecule has 204 valence electrons. The van der Waals surface area contributed by atoms with Crippen LogP contribution < -0.4 is 14.8 Å². The van der Waals surface area contributed by atoms with E-state index in [1.165, 1.54) is 0 Å². The number of carbonyl (C=O) groups excluding carboxylic acids is 1. The summed E-state index contributed by atoms with van der Waals surface area (Å²) in [5.41, 5.74) is 3.09. The van der Waals surface area contributed by atoms with Gasteiger partial charge in [-0.15, -0.1) is 0 Å². The van der Waals surface area contributed by atoms with Gasteiger partial charge in [0, 0.05) is 21.1 Å². The molecule has 8 nitrogen and oxygen atoms in total. The summed E-state index contributed by atoms with van der Waals surface area (Å²) in [6, 6.07) is 21.2. The van der Waals surface area contributed by atoms with Gasteiger partial charge in [0.1, 0.15) is 24.2 Å². The van der Waals surface area contributed by atoms with Crippen LogP contribution in [-0.2, 0) is 21.2 Å². The molecule has 0 spiro atoms. The first-order valence-corrected chi connectivity index (χ1v) is 13.9. The van der Waals surface area contributed by atoms with E-state index in [0.717, 1.165) is 65.3 Å². The van der Waals surface area contributed by atoms with Gasteiger partial charge in [-0.05, 0) is 78.8 Å². The first kappa shape index (κ1) is 26.4. The molecule has 38 heavy (non-hydrogen) atoms. The number of rotatable bonds is 7. The first-order chi connectivity index (χ1) is 18.1. The summed E-state index contributed by atoms with van der Waals surface area (Å²) in [6.07, 6.45) is 3.41. The number of nitrogens with one attached hydrogen (secondary N) is 1. The van der Waals surface area contributed by atoms with E-state index in [-0.39, 0.29) is 26.9 Å². The lowest BCUT2D eigenvalue weighted by atomic mass is 9.94. The SMILES string of the molecule is O.O=C(Nc1cccc(-c2ccc(S(=O)N3CCC[C@@H]3CO)cc2)c1)C1(c2ccc3c(c2)OCCO3)CC1.[HH].[HH]. The maximum Gasteiger partial charge on any atom is 0.235 e. The molecule has 1 saturated heterocycles. The Morgan fingerprint density at radius 2 is 1.79 bits per heavy atom. The van der Waals surface area contributed by atoms with Crippen LogP contribution in [0.2, 0.25) is 0 Å². The lowest BCUT2D eigenvalue weighted by molar-refractivity contribution is -0.118. The number of nitrogens with zero attached hydrogens (tertiary/aromatic N) is 1. The highest BCUT2D eigenvalue weighted by Gasteiger charge is 2.51. The molecule has 1 aliphatic carbocycles. The van der Waals surface area contributed by atoms with Crippen molar-refractivity contribution < 1.29 is 31.9 Å².